The van der Waals surface area contributed by atoms with Gasteiger partial charge in [0.25, 0.3) is 5.89 Å². The minimum atomic E-state index is -0.474. The summed E-state index contributed by atoms with van der Waals surface area (Å²) < 4.78 is 10.3. The summed E-state index contributed by atoms with van der Waals surface area (Å²) in [6.45, 7) is 4.03. The lowest BCUT2D eigenvalue weighted by atomic mass is 9.76. The van der Waals surface area contributed by atoms with E-state index in [1.807, 2.05) is 6.92 Å². The number of nitrogens with zero attached hydrogens (tertiary/aromatic N) is 3. The number of aryl methyl sites for hydroxylation is 1. The molecule has 19 heavy (non-hydrogen) atoms. The molecule has 0 aliphatic heterocycles. The van der Waals surface area contributed by atoms with Crippen LogP contribution in [0.2, 0.25) is 0 Å². The first-order valence-corrected chi connectivity index (χ1v) is 6.63. The molecule has 0 amide bonds. The Morgan fingerprint density at radius 3 is 2.89 bits per heavy atom. The van der Waals surface area contributed by atoms with Crippen molar-refractivity contribution in [2.24, 2.45) is 11.7 Å². The van der Waals surface area contributed by atoms with Gasteiger partial charge >= 0.3 is 0 Å². The Morgan fingerprint density at radius 2 is 2.21 bits per heavy atom. The van der Waals surface area contributed by atoms with E-state index in [1.54, 1.807) is 6.07 Å². The normalized spacial score (nSPS) is 27.6. The van der Waals surface area contributed by atoms with Crippen LogP contribution in [0.1, 0.15) is 44.2 Å². The van der Waals surface area contributed by atoms with Crippen LogP contribution in [0.5, 0.6) is 0 Å². The van der Waals surface area contributed by atoms with E-state index in [4.69, 9.17) is 14.8 Å². The van der Waals surface area contributed by atoms with Gasteiger partial charge in [0.15, 0.2) is 11.5 Å². The van der Waals surface area contributed by atoms with E-state index in [9.17, 15) is 0 Å². The lowest BCUT2D eigenvalue weighted by molar-refractivity contribution is 0.222. The molecule has 0 radical (unpaired) electrons. The topological polar surface area (TPSA) is 91.0 Å². The van der Waals surface area contributed by atoms with E-state index in [-0.39, 0.29) is 0 Å². The molecule has 2 aromatic heterocycles. The van der Waals surface area contributed by atoms with Gasteiger partial charge in [-0.2, -0.15) is 4.98 Å². The molecule has 1 saturated carbocycles. The largest absolute Gasteiger partial charge is 0.361 e. The molecule has 2 N–H and O–H groups in total. The van der Waals surface area contributed by atoms with Crippen molar-refractivity contribution in [3.8, 4) is 11.6 Å². The van der Waals surface area contributed by atoms with Crippen LogP contribution >= 0.6 is 0 Å². The highest BCUT2D eigenvalue weighted by Crippen LogP contribution is 2.36. The van der Waals surface area contributed by atoms with Crippen molar-refractivity contribution in [2.45, 2.75) is 45.1 Å². The standard InChI is InChI=1S/C13H18N4O2/c1-8-4-3-5-13(14,7-8)12-15-11(19-17-12)10-6-9(2)18-16-10/h6,8H,3-5,7,14H2,1-2H3. The third-order valence-electron chi connectivity index (χ3n) is 3.75. The summed E-state index contributed by atoms with van der Waals surface area (Å²) in [5, 5.41) is 7.91. The van der Waals surface area contributed by atoms with Gasteiger partial charge in [-0.25, -0.2) is 0 Å². The first-order valence-electron chi connectivity index (χ1n) is 6.63. The SMILES string of the molecule is Cc1cc(-c2nc(C3(N)CCCC(C)C3)no2)no1. The molecule has 2 unspecified atom stereocenters. The molecule has 0 aromatic carbocycles. The van der Waals surface area contributed by atoms with Gasteiger partial charge in [0.2, 0.25) is 0 Å². The summed E-state index contributed by atoms with van der Waals surface area (Å²) in [5.74, 6) is 2.25. The number of nitrogens with two attached hydrogens (primary N) is 1. The smallest absolute Gasteiger partial charge is 0.280 e. The maximum Gasteiger partial charge on any atom is 0.280 e. The number of aromatic nitrogens is 3. The zero-order chi connectivity index (χ0) is 13.5. The molecule has 102 valence electrons. The maximum absolute atomic E-state index is 6.44. The molecule has 1 aliphatic carbocycles. The molecule has 2 aromatic rings. The first kappa shape index (κ1) is 12.3. The molecule has 6 heteroatoms. The fourth-order valence-corrected chi connectivity index (χ4v) is 2.79. The fourth-order valence-electron chi connectivity index (χ4n) is 2.79. The zero-order valence-electron chi connectivity index (χ0n) is 11.2. The van der Waals surface area contributed by atoms with Crippen molar-refractivity contribution in [2.75, 3.05) is 0 Å². The van der Waals surface area contributed by atoms with Crippen molar-refractivity contribution in [1.29, 1.82) is 0 Å². The summed E-state index contributed by atoms with van der Waals surface area (Å²) in [5.41, 5.74) is 6.52. The quantitative estimate of drug-likeness (QED) is 0.893. The molecule has 0 saturated heterocycles. The van der Waals surface area contributed by atoms with Crippen molar-refractivity contribution < 1.29 is 9.05 Å². The van der Waals surface area contributed by atoms with Crippen LogP contribution in [0.25, 0.3) is 11.6 Å². The van der Waals surface area contributed by atoms with Crippen LogP contribution in [0.15, 0.2) is 15.1 Å². The molecule has 1 fully saturated rings. The van der Waals surface area contributed by atoms with Gasteiger partial charge in [-0.15, -0.1) is 0 Å². The molecule has 2 atom stereocenters. The predicted molar refractivity (Wildman–Crippen MR) is 68.0 cm³/mol. The zero-order valence-corrected chi connectivity index (χ0v) is 11.2. The molecule has 1 aliphatic rings. The Labute approximate surface area is 111 Å². The maximum atomic E-state index is 6.44. The molecular weight excluding hydrogens is 244 g/mol. The Hall–Kier alpha value is -1.69. The van der Waals surface area contributed by atoms with E-state index < -0.39 is 5.54 Å². The first-order chi connectivity index (χ1) is 9.07. The van der Waals surface area contributed by atoms with Crippen molar-refractivity contribution in [3.63, 3.8) is 0 Å². The highest BCUT2D eigenvalue weighted by Gasteiger charge is 2.37. The Balaban J connectivity index is 1.88. The van der Waals surface area contributed by atoms with Crippen LogP contribution in [-0.4, -0.2) is 15.3 Å². The summed E-state index contributed by atoms with van der Waals surface area (Å²) >= 11 is 0. The second kappa shape index (κ2) is 4.45. The van der Waals surface area contributed by atoms with Crippen LogP contribution in [0.3, 0.4) is 0 Å². The molecule has 0 spiro atoms. The molecule has 3 rings (SSSR count). The van der Waals surface area contributed by atoms with Gasteiger partial charge in [-0.3, -0.25) is 0 Å². The van der Waals surface area contributed by atoms with Gasteiger partial charge in [0.1, 0.15) is 5.76 Å². The van der Waals surface area contributed by atoms with Crippen LogP contribution in [0.4, 0.5) is 0 Å². The van der Waals surface area contributed by atoms with E-state index in [0.717, 1.165) is 19.3 Å². The lowest BCUT2D eigenvalue weighted by Gasteiger charge is -2.33. The second-order valence-electron chi connectivity index (χ2n) is 5.60. The molecule has 0 bridgehead atoms. The lowest BCUT2D eigenvalue weighted by Crippen LogP contribution is -2.42. The van der Waals surface area contributed by atoms with Crippen molar-refractivity contribution >= 4 is 0 Å². The number of hydrogen-bond acceptors (Lipinski definition) is 6. The van der Waals surface area contributed by atoms with E-state index >= 15 is 0 Å². The van der Waals surface area contributed by atoms with Gasteiger partial charge in [0.05, 0.1) is 5.54 Å². The predicted octanol–water partition coefficient (Wildman–Crippen LogP) is 2.40. The average molecular weight is 262 g/mol. The second-order valence-corrected chi connectivity index (χ2v) is 5.60. The van der Waals surface area contributed by atoms with Crippen molar-refractivity contribution in [1.82, 2.24) is 15.3 Å². The van der Waals surface area contributed by atoms with Crippen LogP contribution in [0, 0.1) is 12.8 Å². The average Bonchev–Trinajstić information content (AvgIpc) is 2.96. The third kappa shape index (κ3) is 2.28. The highest BCUT2D eigenvalue weighted by atomic mass is 16.5. The summed E-state index contributed by atoms with van der Waals surface area (Å²) in [4.78, 5) is 4.40. The minimum absolute atomic E-state index is 0.370. The number of rotatable bonds is 2. The minimum Gasteiger partial charge on any atom is -0.361 e. The van der Waals surface area contributed by atoms with Crippen LogP contribution < -0.4 is 5.73 Å². The Kier molecular flexibility index (Phi) is 2.89. The van der Waals surface area contributed by atoms with Gasteiger partial charge in [0, 0.05) is 6.07 Å². The van der Waals surface area contributed by atoms with Crippen LogP contribution in [-0.2, 0) is 5.54 Å². The fraction of sp³-hybridized carbons (Fsp3) is 0.615. The summed E-state index contributed by atoms with van der Waals surface area (Å²) in [7, 11) is 0. The summed E-state index contributed by atoms with van der Waals surface area (Å²) in [6, 6.07) is 1.77. The molecule has 2 heterocycles. The highest BCUT2D eigenvalue weighted by molar-refractivity contribution is 5.45. The number of hydrogen-bond donors (Lipinski definition) is 1. The van der Waals surface area contributed by atoms with E-state index in [1.165, 1.54) is 6.42 Å². The summed E-state index contributed by atoms with van der Waals surface area (Å²) in [6.07, 6.45) is 4.11. The van der Waals surface area contributed by atoms with Gasteiger partial charge in [-0.05, 0) is 25.7 Å². The van der Waals surface area contributed by atoms with E-state index in [0.29, 0.717) is 29.1 Å². The van der Waals surface area contributed by atoms with Gasteiger partial charge < -0.3 is 14.8 Å². The monoisotopic (exact) mass is 262 g/mol. The van der Waals surface area contributed by atoms with E-state index in [2.05, 4.69) is 22.2 Å². The Morgan fingerprint density at radius 1 is 1.37 bits per heavy atom. The third-order valence-corrected chi connectivity index (χ3v) is 3.75. The molecule has 6 nitrogen and oxygen atoms in total. The van der Waals surface area contributed by atoms with Crippen molar-refractivity contribution in [3.05, 3.63) is 17.7 Å². The van der Waals surface area contributed by atoms with Gasteiger partial charge in [-0.1, -0.05) is 30.1 Å². The molecular formula is C13H18N4O2. The Bertz CT molecular complexity index is 577.